The third kappa shape index (κ3) is 4.36. The highest BCUT2D eigenvalue weighted by Gasteiger charge is 2.26. The third-order valence-electron chi connectivity index (χ3n) is 5.74. The lowest BCUT2D eigenvalue weighted by atomic mass is 9.98. The van der Waals surface area contributed by atoms with E-state index in [0.717, 1.165) is 55.3 Å². The first-order valence-corrected chi connectivity index (χ1v) is 10.2. The summed E-state index contributed by atoms with van der Waals surface area (Å²) in [4.78, 5) is 19.4. The van der Waals surface area contributed by atoms with Crippen molar-refractivity contribution in [3.8, 4) is 5.69 Å². The van der Waals surface area contributed by atoms with E-state index in [2.05, 4.69) is 30.0 Å². The second-order valence-corrected chi connectivity index (χ2v) is 7.67. The first kappa shape index (κ1) is 19.3. The fourth-order valence-electron chi connectivity index (χ4n) is 4.06. The normalized spacial score (nSPS) is 16.9. The Hall–Kier alpha value is -3.03. The van der Waals surface area contributed by atoms with Crippen molar-refractivity contribution in [1.82, 2.24) is 34.7 Å². The molecule has 1 aliphatic rings. The van der Waals surface area contributed by atoms with Crippen molar-refractivity contribution in [3.05, 3.63) is 53.9 Å². The van der Waals surface area contributed by atoms with E-state index >= 15 is 0 Å². The average molecular weight is 393 g/mol. The van der Waals surface area contributed by atoms with E-state index in [1.54, 1.807) is 4.68 Å². The molecular weight excluding hydrogens is 366 g/mol. The van der Waals surface area contributed by atoms with Gasteiger partial charge in [-0.1, -0.05) is 12.1 Å². The number of aryl methyl sites for hydroxylation is 3. The van der Waals surface area contributed by atoms with Gasteiger partial charge in [-0.15, -0.1) is 5.10 Å². The molecule has 0 spiro atoms. The van der Waals surface area contributed by atoms with Crippen LogP contribution in [0, 0.1) is 13.8 Å². The molecule has 1 fully saturated rings. The Morgan fingerprint density at radius 2 is 1.97 bits per heavy atom. The summed E-state index contributed by atoms with van der Waals surface area (Å²) in [7, 11) is 0. The first-order chi connectivity index (χ1) is 14.1. The summed E-state index contributed by atoms with van der Waals surface area (Å²) in [5.41, 5.74) is 1.91. The number of carbonyl (C=O) groups is 1. The van der Waals surface area contributed by atoms with Gasteiger partial charge in [0.15, 0.2) is 5.82 Å². The number of rotatable bonds is 6. The zero-order valence-electron chi connectivity index (χ0n) is 17.0. The zero-order chi connectivity index (χ0) is 20.2. The van der Waals surface area contributed by atoms with Gasteiger partial charge in [0.2, 0.25) is 5.91 Å². The number of carbonyl (C=O) groups excluding carboxylic acids is 1. The number of tetrazole rings is 1. The minimum Gasteiger partial charge on any atom is -0.339 e. The minimum absolute atomic E-state index is 0.211. The summed E-state index contributed by atoms with van der Waals surface area (Å²) in [5, 5.41) is 11.6. The van der Waals surface area contributed by atoms with Crippen molar-refractivity contribution in [2.24, 2.45) is 0 Å². The number of piperidine rings is 1. The monoisotopic (exact) mass is 393 g/mol. The molecule has 152 valence electrons. The molecule has 1 aliphatic heterocycles. The molecule has 1 saturated heterocycles. The van der Waals surface area contributed by atoms with Gasteiger partial charge in [-0.2, -0.15) is 4.68 Å². The number of benzene rings is 1. The SMILES string of the molecule is Cc1nccn1CCC1CCCCN1C(=O)Cc1ccc(-n2nnnc2C)cc1. The molecule has 0 aliphatic carbocycles. The maximum atomic E-state index is 13.0. The standard InChI is InChI=1S/C21H27N7O/c1-16-22-11-14-26(16)13-10-19-5-3-4-12-27(19)21(29)15-18-6-8-20(9-7-18)28-17(2)23-24-25-28/h6-9,11,14,19H,3-5,10,12-13,15H2,1-2H3. The van der Waals surface area contributed by atoms with Crippen LogP contribution in [0.15, 0.2) is 36.7 Å². The van der Waals surface area contributed by atoms with E-state index in [-0.39, 0.29) is 5.91 Å². The molecule has 3 aromatic rings. The number of imidazole rings is 1. The summed E-state index contributed by atoms with van der Waals surface area (Å²) in [5.74, 6) is 1.97. The van der Waals surface area contributed by atoms with Gasteiger partial charge in [0, 0.05) is 31.5 Å². The van der Waals surface area contributed by atoms with E-state index in [0.29, 0.717) is 12.5 Å². The highest BCUT2D eigenvalue weighted by Crippen LogP contribution is 2.22. The Morgan fingerprint density at radius 1 is 1.14 bits per heavy atom. The largest absolute Gasteiger partial charge is 0.339 e. The van der Waals surface area contributed by atoms with E-state index in [1.807, 2.05) is 50.5 Å². The van der Waals surface area contributed by atoms with Gasteiger partial charge in [0.25, 0.3) is 0 Å². The number of aromatic nitrogens is 6. The van der Waals surface area contributed by atoms with Crippen LogP contribution in [0.2, 0.25) is 0 Å². The lowest BCUT2D eigenvalue weighted by Crippen LogP contribution is -2.44. The molecule has 8 nitrogen and oxygen atoms in total. The highest BCUT2D eigenvalue weighted by atomic mass is 16.2. The summed E-state index contributed by atoms with van der Waals surface area (Å²) >= 11 is 0. The lowest BCUT2D eigenvalue weighted by molar-refractivity contribution is -0.134. The fourth-order valence-corrected chi connectivity index (χ4v) is 4.06. The summed E-state index contributed by atoms with van der Waals surface area (Å²) in [6.07, 6.45) is 8.60. The smallest absolute Gasteiger partial charge is 0.227 e. The van der Waals surface area contributed by atoms with Gasteiger partial charge in [0.1, 0.15) is 5.82 Å². The number of hydrogen-bond acceptors (Lipinski definition) is 5. The fraction of sp³-hybridized carbons (Fsp3) is 0.476. The summed E-state index contributed by atoms with van der Waals surface area (Å²) < 4.78 is 3.85. The van der Waals surface area contributed by atoms with Gasteiger partial charge in [0.05, 0.1) is 12.1 Å². The Labute approximate surface area is 170 Å². The van der Waals surface area contributed by atoms with Crippen LogP contribution in [0.3, 0.4) is 0 Å². The third-order valence-corrected chi connectivity index (χ3v) is 5.74. The molecule has 0 N–H and O–H groups in total. The van der Waals surface area contributed by atoms with Crippen molar-refractivity contribution in [3.63, 3.8) is 0 Å². The predicted molar refractivity (Wildman–Crippen MR) is 109 cm³/mol. The molecular formula is C21H27N7O. The minimum atomic E-state index is 0.211. The Morgan fingerprint density at radius 3 is 2.66 bits per heavy atom. The molecule has 8 heteroatoms. The molecule has 29 heavy (non-hydrogen) atoms. The highest BCUT2D eigenvalue weighted by molar-refractivity contribution is 5.79. The Kier molecular flexibility index (Phi) is 5.69. The summed E-state index contributed by atoms with van der Waals surface area (Å²) in [6.45, 7) is 5.64. The molecule has 2 aromatic heterocycles. The van der Waals surface area contributed by atoms with E-state index in [4.69, 9.17) is 0 Å². The summed E-state index contributed by atoms with van der Waals surface area (Å²) in [6, 6.07) is 8.20. The van der Waals surface area contributed by atoms with Crippen molar-refractivity contribution < 1.29 is 4.79 Å². The van der Waals surface area contributed by atoms with Crippen LogP contribution >= 0.6 is 0 Å². The molecule has 0 saturated carbocycles. The zero-order valence-corrected chi connectivity index (χ0v) is 17.0. The predicted octanol–water partition coefficient (Wildman–Crippen LogP) is 2.49. The van der Waals surface area contributed by atoms with Crippen LogP contribution in [0.1, 0.15) is 42.9 Å². The maximum Gasteiger partial charge on any atom is 0.227 e. The number of hydrogen-bond donors (Lipinski definition) is 0. The molecule has 1 atom stereocenters. The Balaban J connectivity index is 1.39. The van der Waals surface area contributed by atoms with Gasteiger partial charge in [-0.05, 0) is 67.7 Å². The van der Waals surface area contributed by atoms with Crippen molar-refractivity contribution in [1.29, 1.82) is 0 Å². The molecule has 1 unspecified atom stereocenters. The van der Waals surface area contributed by atoms with Crippen molar-refractivity contribution >= 4 is 5.91 Å². The van der Waals surface area contributed by atoms with Crippen LogP contribution < -0.4 is 0 Å². The molecule has 3 heterocycles. The van der Waals surface area contributed by atoms with Crippen molar-refractivity contribution in [2.45, 2.75) is 58.5 Å². The first-order valence-electron chi connectivity index (χ1n) is 10.2. The van der Waals surface area contributed by atoms with Gasteiger partial charge in [-0.25, -0.2) is 4.98 Å². The van der Waals surface area contributed by atoms with Crippen LogP contribution in [0.4, 0.5) is 0 Å². The van der Waals surface area contributed by atoms with Gasteiger partial charge < -0.3 is 9.47 Å². The second-order valence-electron chi connectivity index (χ2n) is 7.67. The van der Waals surface area contributed by atoms with E-state index in [9.17, 15) is 4.79 Å². The molecule has 0 radical (unpaired) electrons. The van der Waals surface area contributed by atoms with E-state index < -0.39 is 0 Å². The Bertz CT molecular complexity index is 960. The van der Waals surface area contributed by atoms with Crippen molar-refractivity contribution in [2.75, 3.05) is 6.54 Å². The lowest BCUT2D eigenvalue weighted by Gasteiger charge is -2.36. The van der Waals surface area contributed by atoms with Crippen LogP contribution in [0.5, 0.6) is 0 Å². The number of amides is 1. The molecule has 4 rings (SSSR count). The molecule has 1 aromatic carbocycles. The van der Waals surface area contributed by atoms with Crippen LogP contribution in [-0.4, -0.2) is 53.2 Å². The van der Waals surface area contributed by atoms with Gasteiger partial charge in [-0.3, -0.25) is 4.79 Å². The van der Waals surface area contributed by atoms with Gasteiger partial charge >= 0.3 is 0 Å². The quantitative estimate of drug-likeness (QED) is 0.643. The maximum absolute atomic E-state index is 13.0. The second kappa shape index (κ2) is 8.55. The molecule has 1 amide bonds. The van der Waals surface area contributed by atoms with Crippen LogP contribution in [-0.2, 0) is 17.8 Å². The number of likely N-dealkylation sites (tertiary alicyclic amines) is 1. The molecule has 0 bridgehead atoms. The number of nitrogens with zero attached hydrogens (tertiary/aromatic N) is 7. The van der Waals surface area contributed by atoms with E-state index in [1.165, 1.54) is 6.42 Å². The topological polar surface area (TPSA) is 81.7 Å². The average Bonchev–Trinajstić information content (AvgIpc) is 3.35. The van der Waals surface area contributed by atoms with Crippen LogP contribution in [0.25, 0.3) is 5.69 Å².